The zero-order valence-electron chi connectivity index (χ0n) is 8.08. The van der Waals surface area contributed by atoms with Gasteiger partial charge in [-0.3, -0.25) is 4.57 Å². The van der Waals surface area contributed by atoms with Gasteiger partial charge in [0, 0.05) is 0 Å². The van der Waals surface area contributed by atoms with Crippen LogP contribution in [0.4, 0.5) is 43.9 Å². The molecule has 0 spiro atoms. The lowest BCUT2D eigenvalue weighted by molar-refractivity contribution is 0.0284. The maximum atomic E-state index is 12.6. The van der Waals surface area contributed by atoms with E-state index in [1.807, 2.05) is 0 Å². The van der Waals surface area contributed by atoms with E-state index in [1.54, 1.807) is 0 Å². The predicted octanol–water partition coefficient (Wildman–Crippen LogP) is 4.60. The van der Waals surface area contributed by atoms with Gasteiger partial charge in [-0.2, -0.15) is 43.9 Å². The number of rotatable bonds is 4. The molecular formula is C6HF10O2P. The minimum absolute atomic E-state index is 3.94. The van der Waals surface area contributed by atoms with Gasteiger partial charge in [0.15, 0.2) is 0 Å². The molecule has 0 aromatic rings. The van der Waals surface area contributed by atoms with Gasteiger partial charge in [0.05, 0.1) is 0 Å². The molecule has 0 atom stereocenters. The summed E-state index contributed by atoms with van der Waals surface area (Å²) in [5, 5.41) is 0. The summed E-state index contributed by atoms with van der Waals surface area (Å²) in [6, 6.07) is 0. The van der Waals surface area contributed by atoms with Crippen LogP contribution in [0.1, 0.15) is 0 Å². The van der Waals surface area contributed by atoms with Gasteiger partial charge in [0.1, 0.15) is 0 Å². The lowest BCUT2D eigenvalue weighted by atomic mass is 10.6. The van der Waals surface area contributed by atoms with E-state index in [1.165, 1.54) is 0 Å². The highest BCUT2D eigenvalue weighted by molar-refractivity contribution is 7.61. The van der Waals surface area contributed by atoms with Crippen molar-refractivity contribution < 1.29 is 53.4 Å². The fourth-order valence-electron chi connectivity index (χ4n) is 0.670. The fraction of sp³-hybridized carbons (Fsp3) is 0.333. The van der Waals surface area contributed by atoms with Gasteiger partial charge in [-0.15, -0.1) is 0 Å². The number of halogens is 10. The molecule has 0 radical (unpaired) electrons. The molecule has 0 rings (SSSR count). The van der Waals surface area contributed by atoms with E-state index in [9.17, 15) is 48.5 Å². The van der Waals surface area contributed by atoms with Crippen molar-refractivity contribution in [3.8, 4) is 0 Å². The van der Waals surface area contributed by atoms with Crippen LogP contribution in [0.3, 0.4) is 0 Å². The summed E-state index contributed by atoms with van der Waals surface area (Å²) < 4.78 is 131. The zero-order chi connectivity index (χ0) is 15.8. The first kappa shape index (κ1) is 18.0. The van der Waals surface area contributed by atoms with Gasteiger partial charge < -0.3 is 4.89 Å². The summed E-state index contributed by atoms with van der Waals surface area (Å²) in [5.74, 6) is -8.10. The van der Waals surface area contributed by atoms with Crippen molar-refractivity contribution in [3.05, 3.63) is 23.8 Å². The molecule has 112 valence electrons. The molecule has 0 aromatic heterocycles. The van der Waals surface area contributed by atoms with E-state index in [0.29, 0.717) is 0 Å². The maximum absolute atomic E-state index is 12.6. The van der Waals surface area contributed by atoms with Crippen molar-refractivity contribution in [1.29, 1.82) is 0 Å². The summed E-state index contributed by atoms with van der Waals surface area (Å²) in [5.41, 5.74) is -12.9. The molecule has 2 nitrogen and oxygen atoms in total. The summed E-state index contributed by atoms with van der Waals surface area (Å²) in [6.45, 7) is 0. The Morgan fingerprint density at radius 3 is 1.11 bits per heavy atom. The van der Waals surface area contributed by atoms with Crippen LogP contribution in [-0.4, -0.2) is 16.2 Å². The molecule has 0 aliphatic carbocycles. The van der Waals surface area contributed by atoms with Crippen LogP contribution in [0.2, 0.25) is 0 Å². The molecule has 0 fully saturated rings. The van der Waals surface area contributed by atoms with Gasteiger partial charge in [-0.25, -0.2) is 0 Å². The highest BCUT2D eigenvalue weighted by Gasteiger charge is 2.71. The molecule has 0 aliphatic rings. The van der Waals surface area contributed by atoms with Crippen molar-refractivity contribution in [1.82, 2.24) is 0 Å². The first-order valence-electron chi connectivity index (χ1n) is 3.72. The lowest BCUT2D eigenvalue weighted by Crippen LogP contribution is -2.31. The topological polar surface area (TPSA) is 37.3 Å². The van der Waals surface area contributed by atoms with Gasteiger partial charge in [0.2, 0.25) is 11.7 Å². The molecule has 0 bridgehead atoms. The minimum Gasteiger partial charge on any atom is -0.336 e. The van der Waals surface area contributed by atoms with Crippen LogP contribution in [-0.2, 0) is 4.57 Å². The number of alkyl halides is 4. The first-order chi connectivity index (χ1) is 8.21. The Morgan fingerprint density at radius 2 is 0.947 bits per heavy atom. The molecule has 19 heavy (non-hydrogen) atoms. The van der Waals surface area contributed by atoms with E-state index >= 15 is 0 Å². The molecule has 0 aromatic carbocycles. The Bertz CT molecular complexity index is 432. The predicted molar refractivity (Wildman–Crippen MR) is 40.4 cm³/mol. The van der Waals surface area contributed by atoms with Crippen molar-refractivity contribution in [2.45, 2.75) is 11.3 Å². The normalized spacial score (nSPS) is 13.2. The monoisotopic (exact) mass is 326 g/mol. The minimum atomic E-state index is -7.81. The highest BCUT2D eigenvalue weighted by Crippen LogP contribution is 2.72. The third-order valence-electron chi connectivity index (χ3n) is 1.62. The summed E-state index contributed by atoms with van der Waals surface area (Å²) >= 11 is 0. The molecule has 0 aliphatic heterocycles. The van der Waals surface area contributed by atoms with E-state index in [0.717, 1.165) is 0 Å². The Kier molecular flexibility index (Phi) is 4.88. The van der Waals surface area contributed by atoms with Gasteiger partial charge >= 0.3 is 30.9 Å². The Balaban J connectivity index is 6.11. The molecule has 0 unspecified atom stereocenters. The molecule has 0 saturated carbocycles. The van der Waals surface area contributed by atoms with Crippen LogP contribution < -0.4 is 0 Å². The third-order valence-corrected chi connectivity index (χ3v) is 3.54. The number of allylic oxidation sites excluding steroid dienone is 2. The second kappa shape index (κ2) is 5.16. The number of hydrogen-bond acceptors (Lipinski definition) is 1. The third kappa shape index (κ3) is 2.78. The maximum Gasteiger partial charge on any atom is 0.383 e. The second-order valence-electron chi connectivity index (χ2n) is 2.81. The van der Waals surface area contributed by atoms with E-state index in [4.69, 9.17) is 4.89 Å². The molecule has 0 saturated heterocycles. The molecule has 13 heteroatoms. The van der Waals surface area contributed by atoms with Crippen LogP contribution in [0.5, 0.6) is 0 Å². The van der Waals surface area contributed by atoms with Gasteiger partial charge in [0.25, 0.3) is 0 Å². The molecular weight excluding hydrogens is 325 g/mol. The summed E-state index contributed by atoms with van der Waals surface area (Å²) in [4.78, 5) is 8.25. The largest absolute Gasteiger partial charge is 0.383 e. The first-order valence-corrected chi connectivity index (χ1v) is 5.38. The average Bonchev–Trinajstić information content (AvgIpc) is 2.25. The summed E-state index contributed by atoms with van der Waals surface area (Å²) in [7, 11) is -7.81. The van der Waals surface area contributed by atoms with Crippen molar-refractivity contribution in [2.24, 2.45) is 0 Å². The fourth-order valence-corrected chi connectivity index (χ4v) is 1.72. The van der Waals surface area contributed by atoms with Gasteiger partial charge in [-0.05, 0) is 0 Å². The lowest BCUT2D eigenvalue weighted by Gasteiger charge is -2.26. The molecule has 0 heterocycles. The second-order valence-corrected chi connectivity index (χ2v) is 5.08. The van der Waals surface area contributed by atoms with E-state index in [2.05, 4.69) is 0 Å². The van der Waals surface area contributed by atoms with E-state index in [-0.39, 0.29) is 0 Å². The van der Waals surface area contributed by atoms with Crippen LogP contribution in [0.25, 0.3) is 0 Å². The van der Waals surface area contributed by atoms with Crippen molar-refractivity contribution in [2.75, 3.05) is 0 Å². The Morgan fingerprint density at radius 1 is 0.737 bits per heavy atom. The van der Waals surface area contributed by atoms with Gasteiger partial charge in [-0.1, -0.05) is 0 Å². The van der Waals surface area contributed by atoms with Crippen LogP contribution in [0, 0.1) is 0 Å². The number of hydrogen-bond donors (Lipinski definition) is 1. The zero-order valence-corrected chi connectivity index (χ0v) is 8.98. The smallest absolute Gasteiger partial charge is 0.336 e. The highest BCUT2D eigenvalue weighted by atomic mass is 31.2. The Hall–Kier alpha value is -1.03. The van der Waals surface area contributed by atoms with Crippen molar-refractivity contribution >= 4 is 7.37 Å². The average molecular weight is 326 g/mol. The Labute approximate surface area is 97.0 Å². The quantitative estimate of drug-likeness (QED) is 0.606. The SMILES string of the molecule is O=P(O)(C(F)(F)C(F)=C(F)F)C(F)(F)C(F)=C(F)F. The summed E-state index contributed by atoms with van der Waals surface area (Å²) in [6.07, 6.45) is -7.89. The van der Waals surface area contributed by atoms with Crippen LogP contribution >= 0.6 is 7.37 Å². The van der Waals surface area contributed by atoms with Crippen molar-refractivity contribution in [3.63, 3.8) is 0 Å². The van der Waals surface area contributed by atoms with Crippen LogP contribution in [0.15, 0.2) is 23.8 Å². The molecule has 1 N–H and O–H groups in total. The van der Waals surface area contributed by atoms with E-state index < -0.39 is 42.5 Å². The standard InChI is InChI=1S/C6HF10O2P/c7-1(3(9)10)5(13,14)19(17,18)6(15,16)2(8)4(11)12/h(H,17,18). The molecule has 0 amide bonds.